The molecule has 0 aromatic carbocycles. The minimum absolute atomic E-state index is 0.327. The van der Waals surface area contributed by atoms with Crippen LogP contribution < -0.4 is 0 Å². The van der Waals surface area contributed by atoms with E-state index in [4.69, 9.17) is 4.74 Å². The summed E-state index contributed by atoms with van der Waals surface area (Å²) in [5.74, 6) is 0. The summed E-state index contributed by atoms with van der Waals surface area (Å²) in [6.45, 7) is 0.902. The summed E-state index contributed by atoms with van der Waals surface area (Å²) in [6, 6.07) is 3.99. The van der Waals surface area contributed by atoms with Gasteiger partial charge < -0.3 is 4.74 Å². The van der Waals surface area contributed by atoms with Gasteiger partial charge in [-0.15, -0.1) is 0 Å². The SMILES string of the molecule is c1cncc(C2CCO2)c1. The molecule has 2 nitrogen and oxygen atoms in total. The van der Waals surface area contributed by atoms with E-state index < -0.39 is 0 Å². The molecule has 1 aliphatic heterocycles. The van der Waals surface area contributed by atoms with Gasteiger partial charge in [-0.25, -0.2) is 0 Å². The maximum absolute atomic E-state index is 5.28. The molecule has 10 heavy (non-hydrogen) atoms. The Bertz CT molecular complexity index is 206. The monoisotopic (exact) mass is 135 g/mol. The van der Waals surface area contributed by atoms with E-state index in [0.717, 1.165) is 13.0 Å². The minimum Gasteiger partial charge on any atom is -0.373 e. The molecule has 0 aliphatic carbocycles. The van der Waals surface area contributed by atoms with E-state index in [-0.39, 0.29) is 0 Å². The molecule has 0 radical (unpaired) electrons. The van der Waals surface area contributed by atoms with Crippen LogP contribution in [0.3, 0.4) is 0 Å². The number of rotatable bonds is 1. The Balaban J connectivity index is 2.18. The van der Waals surface area contributed by atoms with Crippen LogP contribution in [0.4, 0.5) is 0 Å². The molecule has 2 heteroatoms. The molecule has 1 fully saturated rings. The Labute approximate surface area is 59.9 Å². The van der Waals surface area contributed by atoms with Crippen LogP contribution in [0.2, 0.25) is 0 Å². The molecule has 0 spiro atoms. The highest BCUT2D eigenvalue weighted by atomic mass is 16.5. The van der Waals surface area contributed by atoms with Gasteiger partial charge in [0, 0.05) is 18.8 Å². The minimum atomic E-state index is 0.327. The number of pyridine rings is 1. The summed E-state index contributed by atoms with van der Waals surface area (Å²) in [6.07, 6.45) is 5.12. The zero-order valence-corrected chi connectivity index (χ0v) is 5.66. The largest absolute Gasteiger partial charge is 0.373 e. The average Bonchev–Trinajstić information content (AvgIpc) is 1.86. The van der Waals surface area contributed by atoms with E-state index in [9.17, 15) is 0 Å². The van der Waals surface area contributed by atoms with Crippen LogP contribution in [-0.4, -0.2) is 11.6 Å². The molecule has 1 aromatic heterocycles. The summed E-state index contributed by atoms with van der Waals surface area (Å²) in [5, 5.41) is 0. The van der Waals surface area contributed by atoms with Gasteiger partial charge in [0.25, 0.3) is 0 Å². The maximum Gasteiger partial charge on any atom is 0.0861 e. The van der Waals surface area contributed by atoms with E-state index in [1.807, 2.05) is 12.3 Å². The highest BCUT2D eigenvalue weighted by molar-refractivity contribution is 5.13. The van der Waals surface area contributed by atoms with Gasteiger partial charge in [0.15, 0.2) is 0 Å². The van der Waals surface area contributed by atoms with Gasteiger partial charge in [0.2, 0.25) is 0 Å². The number of ether oxygens (including phenoxy) is 1. The zero-order chi connectivity index (χ0) is 6.81. The summed E-state index contributed by atoms with van der Waals surface area (Å²) in [5.41, 5.74) is 1.20. The van der Waals surface area contributed by atoms with Crippen molar-refractivity contribution < 1.29 is 4.74 Å². The third-order valence-electron chi connectivity index (χ3n) is 1.76. The molecule has 1 saturated heterocycles. The fourth-order valence-electron chi connectivity index (χ4n) is 1.07. The van der Waals surface area contributed by atoms with Crippen molar-refractivity contribution in [3.63, 3.8) is 0 Å². The lowest BCUT2D eigenvalue weighted by Crippen LogP contribution is -2.18. The first kappa shape index (κ1) is 5.86. The van der Waals surface area contributed by atoms with E-state index in [1.54, 1.807) is 6.20 Å². The smallest absolute Gasteiger partial charge is 0.0861 e. The summed E-state index contributed by atoms with van der Waals surface area (Å²) < 4.78 is 5.28. The van der Waals surface area contributed by atoms with Crippen LogP contribution in [0.5, 0.6) is 0 Å². The molecule has 1 aromatic rings. The van der Waals surface area contributed by atoms with E-state index >= 15 is 0 Å². The highest BCUT2D eigenvalue weighted by Crippen LogP contribution is 2.27. The van der Waals surface area contributed by atoms with Crippen molar-refractivity contribution >= 4 is 0 Å². The molecule has 2 rings (SSSR count). The van der Waals surface area contributed by atoms with Gasteiger partial charge in [-0.2, -0.15) is 0 Å². The summed E-state index contributed by atoms with van der Waals surface area (Å²) in [4.78, 5) is 4.01. The lowest BCUT2D eigenvalue weighted by molar-refractivity contribution is -0.0528. The van der Waals surface area contributed by atoms with Crippen LogP contribution >= 0.6 is 0 Å². The fourth-order valence-corrected chi connectivity index (χ4v) is 1.07. The Hall–Kier alpha value is -0.890. The fraction of sp³-hybridized carbons (Fsp3) is 0.375. The van der Waals surface area contributed by atoms with Crippen LogP contribution in [0.25, 0.3) is 0 Å². The number of aromatic nitrogens is 1. The third kappa shape index (κ3) is 0.907. The first-order chi connectivity index (χ1) is 4.97. The van der Waals surface area contributed by atoms with Crippen LogP contribution in [0, 0.1) is 0 Å². The van der Waals surface area contributed by atoms with Crippen LogP contribution in [-0.2, 0) is 4.74 Å². The number of hydrogen-bond donors (Lipinski definition) is 0. The van der Waals surface area contributed by atoms with E-state index in [2.05, 4.69) is 11.1 Å². The van der Waals surface area contributed by atoms with Gasteiger partial charge in [-0.1, -0.05) is 6.07 Å². The van der Waals surface area contributed by atoms with Crippen molar-refractivity contribution in [2.75, 3.05) is 6.61 Å². The van der Waals surface area contributed by atoms with E-state index in [0.29, 0.717) is 6.10 Å². The van der Waals surface area contributed by atoms with Gasteiger partial charge in [-0.3, -0.25) is 4.98 Å². The first-order valence-electron chi connectivity index (χ1n) is 3.48. The molecule has 1 aliphatic rings. The zero-order valence-electron chi connectivity index (χ0n) is 5.66. The molecule has 0 saturated carbocycles. The first-order valence-corrected chi connectivity index (χ1v) is 3.48. The molecule has 1 unspecified atom stereocenters. The molecular formula is C8H9NO. The quantitative estimate of drug-likeness (QED) is 0.582. The van der Waals surface area contributed by atoms with Crippen molar-refractivity contribution in [2.24, 2.45) is 0 Å². The van der Waals surface area contributed by atoms with Crippen molar-refractivity contribution in [1.29, 1.82) is 0 Å². The summed E-state index contributed by atoms with van der Waals surface area (Å²) in [7, 11) is 0. The van der Waals surface area contributed by atoms with Gasteiger partial charge >= 0.3 is 0 Å². The van der Waals surface area contributed by atoms with Crippen LogP contribution in [0.15, 0.2) is 24.5 Å². The highest BCUT2D eigenvalue weighted by Gasteiger charge is 2.19. The second kappa shape index (κ2) is 2.39. The molecule has 0 amide bonds. The molecule has 0 N–H and O–H groups in total. The Kier molecular flexibility index (Phi) is 1.40. The topological polar surface area (TPSA) is 22.1 Å². The van der Waals surface area contributed by atoms with Crippen molar-refractivity contribution in [1.82, 2.24) is 4.98 Å². The number of hydrogen-bond acceptors (Lipinski definition) is 2. The van der Waals surface area contributed by atoms with Gasteiger partial charge in [0.1, 0.15) is 0 Å². The number of nitrogens with zero attached hydrogens (tertiary/aromatic N) is 1. The average molecular weight is 135 g/mol. The van der Waals surface area contributed by atoms with Crippen LogP contribution in [0.1, 0.15) is 18.1 Å². The predicted molar refractivity (Wildman–Crippen MR) is 37.5 cm³/mol. The Morgan fingerprint density at radius 2 is 2.50 bits per heavy atom. The van der Waals surface area contributed by atoms with Gasteiger partial charge in [-0.05, 0) is 11.6 Å². The van der Waals surface area contributed by atoms with Crippen molar-refractivity contribution in [3.05, 3.63) is 30.1 Å². The second-order valence-corrected chi connectivity index (χ2v) is 2.43. The third-order valence-corrected chi connectivity index (χ3v) is 1.76. The maximum atomic E-state index is 5.28. The van der Waals surface area contributed by atoms with E-state index in [1.165, 1.54) is 5.56 Å². The van der Waals surface area contributed by atoms with Crippen molar-refractivity contribution in [2.45, 2.75) is 12.5 Å². The molecule has 52 valence electrons. The molecule has 1 atom stereocenters. The molecule has 2 heterocycles. The normalized spacial score (nSPS) is 23.8. The summed E-state index contributed by atoms with van der Waals surface area (Å²) >= 11 is 0. The second-order valence-electron chi connectivity index (χ2n) is 2.43. The van der Waals surface area contributed by atoms with Crippen molar-refractivity contribution in [3.8, 4) is 0 Å². The van der Waals surface area contributed by atoms with Gasteiger partial charge in [0.05, 0.1) is 12.7 Å². The Morgan fingerprint density at radius 3 is 3.00 bits per heavy atom. The Morgan fingerprint density at radius 1 is 1.60 bits per heavy atom. The standard InChI is InChI=1S/C8H9NO/c1-2-7(6-9-4-1)8-3-5-10-8/h1-2,4,6,8H,3,5H2. The lowest BCUT2D eigenvalue weighted by atomic mass is 10.1. The molecular weight excluding hydrogens is 126 g/mol. The lowest BCUT2D eigenvalue weighted by Gasteiger charge is -2.26. The molecule has 0 bridgehead atoms. The predicted octanol–water partition coefficient (Wildman–Crippen LogP) is 1.54.